The third-order valence-corrected chi connectivity index (χ3v) is 5.46. The highest BCUT2D eigenvalue weighted by molar-refractivity contribution is 7.80. The van der Waals surface area contributed by atoms with E-state index in [2.05, 4.69) is 34.4 Å². The van der Waals surface area contributed by atoms with Crippen molar-refractivity contribution in [1.29, 1.82) is 0 Å². The van der Waals surface area contributed by atoms with Gasteiger partial charge in [-0.3, -0.25) is 4.79 Å². The summed E-state index contributed by atoms with van der Waals surface area (Å²) in [5, 5.41) is 4.23. The maximum absolute atomic E-state index is 12.5. The smallest absolute Gasteiger partial charge is 0.223 e. The molecule has 2 saturated carbocycles. The van der Waals surface area contributed by atoms with Gasteiger partial charge in [0, 0.05) is 19.0 Å². The second-order valence-electron chi connectivity index (χ2n) is 5.72. The first-order valence-corrected chi connectivity index (χ1v) is 8.21. The number of hydrogen-bond donors (Lipinski definition) is 1. The van der Waals surface area contributed by atoms with Crippen molar-refractivity contribution in [3.8, 4) is 0 Å². The Kier molecular flexibility index (Phi) is 3.41. The average molecular weight is 281 g/mol. The Bertz CT molecular complexity index is 421. The summed E-state index contributed by atoms with van der Waals surface area (Å²) in [6.07, 6.45) is 5.43. The van der Waals surface area contributed by atoms with Gasteiger partial charge in [0.05, 0.1) is 0 Å². The number of rotatable bonds is 6. The van der Waals surface area contributed by atoms with Gasteiger partial charge >= 0.3 is 0 Å². The van der Waals surface area contributed by atoms with Crippen LogP contribution in [0, 0.1) is 5.41 Å². The Morgan fingerprint density at radius 2 is 2.28 bits per heavy atom. The van der Waals surface area contributed by atoms with Gasteiger partial charge in [0.15, 0.2) is 0 Å². The second-order valence-corrected chi connectivity index (χ2v) is 6.82. The van der Waals surface area contributed by atoms with Crippen molar-refractivity contribution in [2.24, 2.45) is 5.41 Å². The zero-order valence-electron chi connectivity index (χ0n) is 10.5. The summed E-state index contributed by atoms with van der Waals surface area (Å²) in [5.41, 5.74) is 1.51. The van der Waals surface area contributed by atoms with Crippen molar-refractivity contribution in [1.82, 2.24) is 4.90 Å². The van der Waals surface area contributed by atoms with E-state index in [4.69, 9.17) is 0 Å². The first kappa shape index (κ1) is 12.5. The lowest BCUT2D eigenvalue weighted by Gasteiger charge is -2.24. The molecule has 4 heteroatoms. The summed E-state index contributed by atoms with van der Waals surface area (Å²) < 4.78 is 0. The molecule has 18 heavy (non-hydrogen) atoms. The van der Waals surface area contributed by atoms with Crippen molar-refractivity contribution in [3.63, 3.8) is 0 Å². The lowest BCUT2D eigenvalue weighted by molar-refractivity contribution is -0.133. The fourth-order valence-corrected chi connectivity index (χ4v) is 3.46. The van der Waals surface area contributed by atoms with Gasteiger partial charge < -0.3 is 4.90 Å². The van der Waals surface area contributed by atoms with E-state index in [1.54, 1.807) is 11.3 Å². The van der Waals surface area contributed by atoms with E-state index in [9.17, 15) is 4.79 Å². The van der Waals surface area contributed by atoms with E-state index < -0.39 is 0 Å². The number of thiol groups is 1. The molecular formula is C14H19NOS2. The lowest BCUT2D eigenvalue weighted by atomic mass is 10.0. The summed E-state index contributed by atoms with van der Waals surface area (Å²) in [6, 6.07) is 2.63. The average Bonchev–Trinajstić information content (AvgIpc) is 3.29. The number of amides is 1. The Hall–Kier alpha value is -0.480. The van der Waals surface area contributed by atoms with Crippen LogP contribution in [0.3, 0.4) is 0 Å². The number of hydrogen-bond acceptors (Lipinski definition) is 3. The lowest BCUT2D eigenvalue weighted by Crippen LogP contribution is -2.34. The normalized spacial score (nSPS) is 20.7. The predicted molar refractivity (Wildman–Crippen MR) is 78.0 cm³/mol. The van der Waals surface area contributed by atoms with Crippen LogP contribution in [0.25, 0.3) is 0 Å². The van der Waals surface area contributed by atoms with Crippen LogP contribution in [-0.2, 0) is 11.3 Å². The van der Waals surface area contributed by atoms with Gasteiger partial charge in [0.25, 0.3) is 0 Å². The van der Waals surface area contributed by atoms with Crippen LogP contribution in [0.1, 0.15) is 37.7 Å². The van der Waals surface area contributed by atoms with E-state index in [1.165, 1.54) is 31.2 Å². The standard InChI is InChI=1S/C14H19NOS2/c16-13(7-14(10-17)4-5-14)15(12-1-2-12)8-11-3-6-18-9-11/h3,6,9,12,17H,1-2,4-5,7-8,10H2. The van der Waals surface area contributed by atoms with E-state index in [1.807, 2.05) is 0 Å². The molecule has 2 nitrogen and oxygen atoms in total. The van der Waals surface area contributed by atoms with Crippen LogP contribution >= 0.6 is 24.0 Å². The van der Waals surface area contributed by atoms with Gasteiger partial charge in [-0.2, -0.15) is 24.0 Å². The number of carbonyl (C=O) groups excluding carboxylic acids is 1. The monoisotopic (exact) mass is 281 g/mol. The van der Waals surface area contributed by atoms with Gasteiger partial charge in [-0.05, 0) is 59.2 Å². The van der Waals surface area contributed by atoms with Gasteiger partial charge in [-0.15, -0.1) is 0 Å². The quantitative estimate of drug-likeness (QED) is 0.793. The van der Waals surface area contributed by atoms with Crippen LogP contribution < -0.4 is 0 Å². The molecule has 0 bridgehead atoms. The molecule has 1 aromatic rings. The van der Waals surface area contributed by atoms with E-state index in [0.717, 1.165) is 12.3 Å². The van der Waals surface area contributed by atoms with Crippen molar-refractivity contribution in [3.05, 3.63) is 22.4 Å². The molecule has 98 valence electrons. The summed E-state index contributed by atoms with van der Waals surface area (Å²) in [7, 11) is 0. The highest BCUT2D eigenvalue weighted by atomic mass is 32.1. The predicted octanol–water partition coefficient (Wildman–Crippen LogP) is 3.34. The Morgan fingerprint density at radius 1 is 1.50 bits per heavy atom. The molecule has 2 aliphatic rings. The second kappa shape index (κ2) is 4.89. The van der Waals surface area contributed by atoms with Crippen LogP contribution in [-0.4, -0.2) is 22.6 Å². The van der Waals surface area contributed by atoms with Gasteiger partial charge in [0.1, 0.15) is 0 Å². The molecular weight excluding hydrogens is 262 g/mol. The van der Waals surface area contributed by atoms with Gasteiger partial charge in [-0.1, -0.05) is 0 Å². The third-order valence-electron chi connectivity index (χ3n) is 4.06. The minimum Gasteiger partial charge on any atom is -0.335 e. The van der Waals surface area contributed by atoms with Crippen molar-refractivity contribution in [2.45, 2.75) is 44.7 Å². The molecule has 3 rings (SSSR count). The summed E-state index contributed by atoms with van der Waals surface area (Å²) in [5.74, 6) is 1.20. The van der Waals surface area contributed by atoms with Gasteiger partial charge in [0.2, 0.25) is 5.91 Å². The van der Waals surface area contributed by atoms with E-state index in [-0.39, 0.29) is 5.41 Å². The molecule has 0 radical (unpaired) electrons. The van der Waals surface area contributed by atoms with Crippen LogP contribution in [0.4, 0.5) is 0 Å². The Labute approximate surface area is 118 Å². The molecule has 0 N–H and O–H groups in total. The zero-order valence-corrected chi connectivity index (χ0v) is 12.2. The first-order valence-electron chi connectivity index (χ1n) is 6.64. The van der Waals surface area contributed by atoms with E-state index >= 15 is 0 Å². The molecule has 1 amide bonds. The van der Waals surface area contributed by atoms with Crippen molar-refractivity contribution in [2.75, 3.05) is 5.75 Å². The molecule has 0 aromatic carbocycles. The fraction of sp³-hybridized carbons (Fsp3) is 0.643. The highest BCUT2D eigenvalue weighted by Crippen LogP contribution is 2.50. The maximum atomic E-state index is 12.5. The van der Waals surface area contributed by atoms with Crippen LogP contribution in [0.2, 0.25) is 0 Å². The minimum atomic E-state index is 0.238. The minimum absolute atomic E-state index is 0.238. The largest absolute Gasteiger partial charge is 0.335 e. The number of nitrogens with zero attached hydrogens (tertiary/aromatic N) is 1. The summed E-state index contributed by atoms with van der Waals surface area (Å²) in [4.78, 5) is 14.6. The molecule has 1 heterocycles. The summed E-state index contributed by atoms with van der Waals surface area (Å²) >= 11 is 6.10. The van der Waals surface area contributed by atoms with Crippen molar-refractivity contribution < 1.29 is 4.79 Å². The van der Waals surface area contributed by atoms with Crippen LogP contribution in [0.15, 0.2) is 16.8 Å². The molecule has 0 spiro atoms. The molecule has 1 aromatic heterocycles. The Balaban J connectivity index is 1.64. The van der Waals surface area contributed by atoms with Gasteiger partial charge in [-0.25, -0.2) is 0 Å². The summed E-state index contributed by atoms with van der Waals surface area (Å²) in [6.45, 7) is 0.801. The number of thiophene rings is 1. The first-order chi connectivity index (χ1) is 8.72. The van der Waals surface area contributed by atoms with Crippen LogP contribution in [0.5, 0.6) is 0 Å². The maximum Gasteiger partial charge on any atom is 0.223 e. The fourth-order valence-electron chi connectivity index (χ4n) is 2.38. The molecule has 2 aliphatic carbocycles. The molecule has 0 atom stereocenters. The SMILES string of the molecule is O=C(CC1(CS)CC1)N(Cc1ccsc1)C1CC1. The number of carbonyl (C=O) groups is 1. The molecule has 0 saturated heterocycles. The molecule has 0 aliphatic heterocycles. The Morgan fingerprint density at radius 3 is 2.78 bits per heavy atom. The molecule has 2 fully saturated rings. The van der Waals surface area contributed by atoms with E-state index in [0.29, 0.717) is 18.4 Å². The third kappa shape index (κ3) is 2.75. The van der Waals surface area contributed by atoms with Crippen molar-refractivity contribution >= 4 is 29.9 Å². The molecule has 0 unspecified atom stereocenters. The zero-order chi connectivity index (χ0) is 12.6. The topological polar surface area (TPSA) is 20.3 Å². The highest BCUT2D eigenvalue weighted by Gasteiger charge is 2.45.